The highest BCUT2D eigenvalue weighted by atomic mass is 16.7. The Morgan fingerprint density at radius 2 is 1.88 bits per heavy atom. The van der Waals surface area contributed by atoms with E-state index in [1.54, 1.807) is 56.7 Å². The van der Waals surface area contributed by atoms with Crippen molar-refractivity contribution in [1.82, 2.24) is 20.4 Å². The van der Waals surface area contributed by atoms with Gasteiger partial charge in [0.25, 0.3) is 5.91 Å². The summed E-state index contributed by atoms with van der Waals surface area (Å²) in [6.45, 7) is 5.29. The van der Waals surface area contributed by atoms with Crippen molar-refractivity contribution >= 4 is 29.5 Å². The number of hydrogen-bond acceptors (Lipinski definition) is 9. The van der Waals surface area contributed by atoms with Crippen molar-refractivity contribution in [3.63, 3.8) is 0 Å². The molecule has 2 heterocycles. The van der Waals surface area contributed by atoms with E-state index in [1.807, 2.05) is 19.1 Å². The zero-order chi connectivity index (χ0) is 24.5. The van der Waals surface area contributed by atoms with Gasteiger partial charge in [-0.15, -0.1) is 0 Å². The number of nitrogens with one attached hydrogen (secondary N) is 2. The van der Waals surface area contributed by atoms with Gasteiger partial charge in [-0.3, -0.25) is 14.6 Å². The molecule has 1 aromatic carbocycles. The standard InChI is InChI=1S/C24H25N5O5/c1-4-18(22(31)33-5-2)23(32)34-29-21(30)16-9-8-15(3)20(13-16)28-24-26-12-10-19(27-24)17-7-6-11-25-14-17/h6-14,18H,4-5H2,1-3H3,(H,29,30)(H,26,27,28). The second kappa shape index (κ2) is 11.5. The van der Waals surface area contributed by atoms with Gasteiger partial charge in [-0.2, -0.15) is 5.48 Å². The Balaban J connectivity index is 1.70. The second-order valence-corrected chi connectivity index (χ2v) is 7.23. The highest BCUT2D eigenvalue weighted by Crippen LogP contribution is 2.22. The fraction of sp³-hybridized carbons (Fsp3) is 0.250. The summed E-state index contributed by atoms with van der Waals surface area (Å²) in [6.07, 6.45) is 5.19. The van der Waals surface area contributed by atoms with Crippen LogP contribution in [-0.4, -0.2) is 39.4 Å². The summed E-state index contributed by atoms with van der Waals surface area (Å²) in [5.41, 5.74) is 5.29. The number of carbonyl (C=O) groups is 3. The van der Waals surface area contributed by atoms with E-state index in [4.69, 9.17) is 9.57 Å². The first-order chi connectivity index (χ1) is 16.4. The van der Waals surface area contributed by atoms with Crippen LogP contribution in [0.1, 0.15) is 36.2 Å². The lowest BCUT2D eigenvalue weighted by Crippen LogP contribution is -2.34. The minimum atomic E-state index is -1.11. The van der Waals surface area contributed by atoms with Crippen LogP contribution in [0.25, 0.3) is 11.3 Å². The van der Waals surface area contributed by atoms with Gasteiger partial charge < -0.3 is 14.9 Å². The van der Waals surface area contributed by atoms with Gasteiger partial charge in [0.1, 0.15) is 0 Å². The van der Waals surface area contributed by atoms with Gasteiger partial charge in [0.2, 0.25) is 5.95 Å². The number of amides is 1. The molecule has 2 aromatic heterocycles. The third kappa shape index (κ3) is 6.12. The van der Waals surface area contributed by atoms with E-state index in [0.717, 1.165) is 11.1 Å². The quantitative estimate of drug-likeness (QED) is 0.293. The van der Waals surface area contributed by atoms with Crippen molar-refractivity contribution in [3.05, 3.63) is 66.1 Å². The van der Waals surface area contributed by atoms with Gasteiger partial charge in [0, 0.05) is 35.4 Å². The van der Waals surface area contributed by atoms with Crippen molar-refractivity contribution in [2.24, 2.45) is 5.92 Å². The fourth-order valence-electron chi connectivity index (χ4n) is 3.01. The fourth-order valence-corrected chi connectivity index (χ4v) is 3.01. The first-order valence-corrected chi connectivity index (χ1v) is 10.7. The van der Waals surface area contributed by atoms with Crippen molar-refractivity contribution in [2.45, 2.75) is 27.2 Å². The number of nitrogens with zero attached hydrogens (tertiary/aromatic N) is 3. The van der Waals surface area contributed by atoms with E-state index in [9.17, 15) is 14.4 Å². The molecule has 0 aliphatic rings. The first kappa shape index (κ1) is 24.3. The van der Waals surface area contributed by atoms with Gasteiger partial charge in [-0.05, 0) is 56.2 Å². The molecule has 0 aliphatic carbocycles. The Hall–Kier alpha value is -4.34. The number of ether oxygens (including phenoxy) is 1. The van der Waals surface area contributed by atoms with Gasteiger partial charge in [0.15, 0.2) is 5.92 Å². The molecule has 34 heavy (non-hydrogen) atoms. The summed E-state index contributed by atoms with van der Waals surface area (Å²) in [5, 5.41) is 3.11. The van der Waals surface area contributed by atoms with Crippen molar-refractivity contribution in [3.8, 4) is 11.3 Å². The molecule has 10 nitrogen and oxygen atoms in total. The monoisotopic (exact) mass is 463 g/mol. The number of aromatic nitrogens is 3. The second-order valence-electron chi connectivity index (χ2n) is 7.23. The molecule has 1 unspecified atom stereocenters. The van der Waals surface area contributed by atoms with E-state index in [0.29, 0.717) is 17.3 Å². The van der Waals surface area contributed by atoms with E-state index in [-0.39, 0.29) is 18.6 Å². The predicted octanol–water partition coefficient (Wildman–Crippen LogP) is 3.37. The zero-order valence-corrected chi connectivity index (χ0v) is 19.1. The number of anilines is 2. The normalized spacial score (nSPS) is 11.3. The lowest BCUT2D eigenvalue weighted by atomic mass is 10.1. The summed E-state index contributed by atoms with van der Waals surface area (Å²) < 4.78 is 4.85. The minimum Gasteiger partial charge on any atom is -0.465 e. The summed E-state index contributed by atoms with van der Waals surface area (Å²) in [7, 11) is 0. The van der Waals surface area contributed by atoms with Crippen LogP contribution in [0.5, 0.6) is 0 Å². The Bertz CT molecular complexity index is 1170. The highest BCUT2D eigenvalue weighted by Gasteiger charge is 2.28. The van der Waals surface area contributed by atoms with Gasteiger partial charge in [0.05, 0.1) is 12.3 Å². The van der Waals surface area contributed by atoms with Crippen molar-refractivity contribution in [1.29, 1.82) is 0 Å². The van der Waals surface area contributed by atoms with E-state index in [1.165, 1.54) is 0 Å². The molecule has 0 fully saturated rings. The number of pyridine rings is 1. The predicted molar refractivity (Wildman–Crippen MR) is 124 cm³/mol. The summed E-state index contributed by atoms with van der Waals surface area (Å²) in [4.78, 5) is 54.2. The summed E-state index contributed by atoms with van der Waals surface area (Å²) in [5.74, 6) is -3.01. The molecule has 0 aliphatic heterocycles. The maximum Gasteiger partial charge on any atom is 0.346 e. The lowest BCUT2D eigenvalue weighted by Gasteiger charge is -2.14. The van der Waals surface area contributed by atoms with E-state index >= 15 is 0 Å². The SMILES string of the molecule is CCOC(=O)C(CC)C(=O)ONC(=O)c1ccc(C)c(Nc2nccc(-c3cccnc3)n2)c1. The van der Waals surface area contributed by atoms with E-state index < -0.39 is 23.8 Å². The van der Waals surface area contributed by atoms with Crippen LogP contribution in [0.4, 0.5) is 11.6 Å². The highest BCUT2D eigenvalue weighted by molar-refractivity contribution is 5.98. The molecule has 0 saturated heterocycles. The number of hydroxylamine groups is 1. The molecular formula is C24H25N5O5. The van der Waals surface area contributed by atoms with Gasteiger partial charge in [-0.1, -0.05) is 13.0 Å². The maximum absolute atomic E-state index is 12.5. The Kier molecular flexibility index (Phi) is 8.22. The number of hydrogen-bond donors (Lipinski definition) is 2. The van der Waals surface area contributed by atoms with Crippen LogP contribution in [0.3, 0.4) is 0 Å². The summed E-state index contributed by atoms with van der Waals surface area (Å²) in [6, 6.07) is 10.4. The average Bonchev–Trinajstić information content (AvgIpc) is 2.85. The van der Waals surface area contributed by atoms with Gasteiger partial charge >= 0.3 is 11.9 Å². The lowest BCUT2D eigenvalue weighted by molar-refractivity contribution is -0.165. The molecule has 176 valence electrons. The van der Waals surface area contributed by atoms with Crippen LogP contribution >= 0.6 is 0 Å². The third-order valence-corrected chi connectivity index (χ3v) is 4.87. The van der Waals surface area contributed by atoms with Crippen molar-refractivity contribution < 1.29 is 24.0 Å². The van der Waals surface area contributed by atoms with Crippen LogP contribution < -0.4 is 10.8 Å². The Morgan fingerprint density at radius 1 is 1.06 bits per heavy atom. The zero-order valence-electron chi connectivity index (χ0n) is 19.1. The Labute approximate surface area is 196 Å². The molecule has 0 saturated carbocycles. The number of aryl methyl sites for hydroxylation is 1. The first-order valence-electron chi connectivity index (χ1n) is 10.7. The molecule has 3 rings (SSSR count). The molecule has 0 bridgehead atoms. The average molecular weight is 463 g/mol. The number of benzene rings is 1. The smallest absolute Gasteiger partial charge is 0.346 e. The maximum atomic E-state index is 12.5. The summed E-state index contributed by atoms with van der Waals surface area (Å²) >= 11 is 0. The van der Waals surface area contributed by atoms with Crippen LogP contribution in [0.2, 0.25) is 0 Å². The van der Waals surface area contributed by atoms with Crippen LogP contribution in [-0.2, 0) is 19.2 Å². The molecule has 10 heteroatoms. The number of carbonyl (C=O) groups excluding carboxylic acids is 3. The molecule has 0 spiro atoms. The molecule has 3 aromatic rings. The van der Waals surface area contributed by atoms with Crippen LogP contribution in [0, 0.1) is 12.8 Å². The topological polar surface area (TPSA) is 132 Å². The number of esters is 1. The largest absolute Gasteiger partial charge is 0.465 e. The minimum absolute atomic E-state index is 0.142. The molecule has 1 atom stereocenters. The molecule has 0 radical (unpaired) electrons. The van der Waals surface area contributed by atoms with Crippen molar-refractivity contribution in [2.75, 3.05) is 11.9 Å². The molecule has 2 N–H and O–H groups in total. The van der Waals surface area contributed by atoms with E-state index in [2.05, 4.69) is 25.7 Å². The molecular weight excluding hydrogens is 438 g/mol. The Morgan fingerprint density at radius 3 is 2.59 bits per heavy atom. The third-order valence-electron chi connectivity index (χ3n) is 4.87. The van der Waals surface area contributed by atoms with Crippen LogP contribution in [0.15, 0.2) is 55.0 Å². The molecule has 1 amide bonds. The number of rotatable bonds is 8. The van der Waals surface area contributed by atoms with Gasteiger partial charge in [-0.25, -0.2) is 14.8 Å².